The summed E-state index contributed by atoms with van der Waals surface area (Å²) in [6, 6.07) is 19.4. The van der Waals surface area contributed by atoms with Gasteiger partial charge in [-0.15, -0.1) is 10.2 Å². The molecule has 0 atom stereocenters. The van der Waals surface area contributed by atoms with E-state index in [4.69, 9.17) is 9.40 Å². The Hall–Kier alpha value is -3.72. The van der Waals surface area contributed by atoms with Crippen molar-refractivity contribution in [2.24, 2.45) is 0 Å². The van der Waals surface area contributed by atoms with Gasteiger partial charge >= 0.3 is 0 Å². The first-order valence-corrected chi connectivity index (χ1v) is 11.3. The molecule has 0 saturated heterocycles. The summed E-state index contributed by atoms with van der Waals surface area (Å²) in [5.74, 6) is 1.24. The van der Waals surface area contributed by atoms with Gasteiger partial charge in [0.25, 0.3) is 10.0 Å². The van der Waals surface area contributed by atoms with Gasteiger partial charge < -0.3 is 4.42 Å². The molecule has 0 fully saturated rings. The predicted molar refractivity (Wildman–Crippen MR) is 117 cm³/mol. The van der Waals surface area contributed by atoms with Crippen LogP contribution in [0.2, 0.25) is 0 Å². The highest BCUT2D eigenvalue weighted by Crippen LogP contribution is 2.31. The summed E-state index contributed by atoms with van der Waals surface area (Å²) in [6.45, 7) is 2.17. The summed E-state index contributed by atoms with van der Waals surface area (Å²) >= 11 is 0. The second-order valence-corrected chi connectivity index (χ2v) is 8.84. The van der Waals surface area contributed by atoms with E-state index in [0.717, 1.165) is 5.52 Å². The molecule has 2 aromatic carbocycles. The molecule has 0 N–H and O–H groups in total. The van der Waals surface area contributed by atoms with Gasteiger partial charge in [-0.2, -0.15) is 0 Å². The van der Waals surface area contributed by atoms with E-state index in [2.05, 4.69) is 10.2 Å². The molecule has 0 amide bonds. The average molecular weight is 433 g/mol. The average Bonchev–Trinajstić information content (AvgIpc) is 3.47. The topological polar surface area (TPSA) is 93.6 Å². The van der Waals surface area contributed by atoms with Crippen molar-refractivity contribution in [1.29, 1.82) is 0 Å². The predicted octanol–water partition coefficient (Wildman–Crippen LogP) is 4.14. The number of benzene rings is 2. The van der Waals surface area contributed by atoms with E-state index in [9.17, 15) is 8.42 Å². The minimum atomic E-state index is -3.85. The molecule has 31 heavy (non-hydrogen) atoms. The zero-order valence-electron chi connectivity index (χ0n) is 16.7. The van der Waals surface area contributed by atoms with Crippen molar-refractivity contribution >= 4 is 32.5 Å². The molecule has 9 heteroatoms. The normalized spacial score (nSPS) is 11.9. The van der Waals surface area contributed by atoms with Crippen molar-refractivity contribution < 1.29 is 12.8 Å². The van der Waals surface area contributed by atoms with E-state index in [1.807, 2.05) is 31.2 Å². The van der Waals surface area contributed by atoms with E-state index in [1.165, 1.54) is 4.31 Å². The molecule has 3 aromatic heterocycles. The number of sulfonamides is 1. The second-order valence-electron chi connectivity index (χ2n) is 6.97. The van der Waals surface area contributed by atoms with Crippen LogP contribution in [0.4, 0.5) is 5.82 Å². The molecule has 0 bridgehead atoms. The van der Waals surface area contributed by atoms with Gasteiger partial charge in [-0.3, -0.25) is 4.40 Å². The Labute approximate surface area is 178 Å². The van der Waals surface area contributed by atoms with Gasteiger partial charge in [-0.1, -0.05) is 37.3 Å². The number of aromatic nitrogens is 4. The molecule has 156 valence electrons. The van der Waals surface area contributed by atoms with Crippen LogP contribution in [0.5, 0.6) is 0 Å². The third kappa shape index (κ3) is 3.14. The first-order valence-electron chi connectivity index (χ1n) is 9.87. The van der Waals surface area contributed by atoms with Crippen LogP contribution in [0.15, 0.2) is 82.3 Å². The maximum atomic E-state index is 13.5. The van der Waals surface area contributed by atoms with Crippen LogP contribution < -0.4 is 4.31 Å². The van der Waals surface area contributed by atoms with Crippen LogP contribution in [0.25, 0.3) is 28.3 Å². The zero-order valence-corrected chi connectivity index (χ0v) is 17.5. The summed E-state index contributed by atoms with van der Waals surface area (Å²) in [6.07, 6.45) is 2.16. The highest BCUT2D eigenvalue weighted by atomic mass is 32.2. The Balaban J connectivity index is 1.82. The summed E-state index contributed by atoms with van der Waals surface area (Å²) < 4.78 is 35.7. The molecule has 8 nitrogen and oxygen atoms in total. The molecular weight excluding hydrogens is 414 g/mol. The number of hydrogen-bond donors (Lipinski definition) is 0. The van der Waals surface area contributed by atoms with Gasteiger partial charge in [0.1, 0.15) is 0 Å². The smallest absolute Gasteiger partial charge is 0.265 e. The lowest BCUT2D eigenvalue weighted by Gasteiger charge is -2.23. The molecule has 0 spiro atoms. The number of anilines is 1. The second kappa shape index (κ2) is 7.51. The number of rotatable bonds is 6. The molecule has 0 unspecified atom stereocenters. The molecule has 0 radical (unpaired) electrons. The van der Waals surface area contributed by atoms with E-state index in [0.29, 0.717) is 29.2 Å². The first kappa shape index (κ1) is 19.3. The molecule has 0 saturated carbocycles. The summed E-state index contributed by atoms with van der Waals surface area (Å²) in [5, 5.41) is 8.62. The van der Waals surface area contributed by atoms with Crippen LogP contribution >= 0.6 is 0 Å². The van der Waals surface area contributed by atoms with Crippen LogP contribution in [0.1, 0.15) is 13.3 Å². The highest BCUT2D eigenvalue weighted by Gasteiger charge is 2.29. The minimum Gasteiger partial charge on any atom is -0.461 e. The molecule has 0 aliphatic heterocycles. The van der Waals surface area contributed by atoms with Gasteiger partial charge in [0, 0.05) is 6.54 Å². The number of para-hydroxylation sites is 2. The first-order chi connectivity index (χ1) is 15.1. The Morgan fingerprint density at radius 2 is 1.74 bits per heavy atom. The van der Waals surface area contributed by atoms with Crippen LogP contribution in [0, 0.1) is 0 Å². The third-order valence-corrected chi connectivity index (χ3v) is 6.75. The summed E-state index contributed by atoms with van der Waals surface area (Å²) in [5.41, 5.74) is 1.73. The minimum absolute atomic E-state index is 0.197. The van der Waals surface area contributed by atoms with Crippen LogP contribution in [-0.4, -0.2) is 34.5 Å². The lowest BCUT2D eigenvalue weighted by atomic mass is 10.3. The molecule has 0 aliphatic carbocycles. The maximum Gasteiger partial charge on any atom is 0.265 e. The van der Waals surface area contributed by atoms with E-state index in [-0.39, 0.29) is 17.3 Å². The van der Waals surface area contributed by atoms with E-state index < -0.39 is 10.0 Å². The Kier molecular flexibility index (Phi) is 4.67. The quantitative estimate of drug-likeness (QED) is 0.399. The van der Waals surface area contributed by atoms with Crippen LogP contribution in [0.3, 0.4) is 0 Å². The standard InChI is InChI=1S/C22H19N5O3S/c1-2-14-26(31(28,29)16-9-4-3-5-10-16)21-22-25-24-20(19-13-8-15-30-19)27(22)18-12-7-6-11-17(18)23-21/h3-13,15H,2,14H2,1H3. The molecule has 5 rings (SSSR count). The van der Waals surface area contributed by atoms with Crippen LogP contribution in [-0.2, 0) is 10.0 Å². The lowest BCUT2D eigenvalue weighted by molar-refractivity contribution is 0.576. The molecule has 3 heterocycles. The maximum absolute atomic E-state index is 13.5. The van der Waals surface area contributed by atoms with Gasteiger partial charge in [0.2, 0.25) is 11.5 Å². The zero-order chi connectivity index (χ0) is 21.4. The number of nitrogens with zero attached hydrogens (tertiary/aromatic N) is 5. The molecule has 0 aliphatic rings. The fourth-order valence-corrected chi connectivity index (χ4v) is 5.09. The number of furan rings is 1. The fraction of sp³-hybridized carbons (Fsp3) is 0.136. The monoisotopic (exact) mass is 433 g/mol. The van der Waals surface area contributed by atoms with E-state index >= 15 is 0 Å². The Morgan fingerprint density at radius 1 is 0.968 bits per heavy atom. The Bertz CT molecular complexity index is 1460. The van der Waals surface area contributed by atoms with Gasteiger partial charge in [-0.25, -0.2) is 17.7 Å². The fourth-order valence-electron chi connectivity index (χ4n) is 3.56. The van der Waals surface area contributed by atoms with Crippen molar-refractivity contribution in [3.63, 3.8) is 0 Å². The van der Waals surface area contributed by atoms with Gasteiger partial charge in [0.15, 0.2) is 11.6 Å². The third-order valence-electron chi connectivity index (χ3n) is 4.95. The Morgan fingerprint density at radius 3 is 2.48 bits per heavy atom. The van der Waals surface area contributed by atoms with Crippen molar-refractivity contribution in [3.05, 3.63) is 73.0 Å². The number of hydrogen-bond acceptors (Lipinski definition) is 6. The van der Waals surface area contributed by atoms with E-state index in [1.54, 1.807) is 53.1 Å². The lowest BCUT2D eigenvalue weighted by Crippen LogP contribution is -2.33. The molecule has 5 aromatic rings. The van der Waals surface area contributed by atoms with Crippen molar-refractivity contribution in [1.82, 2.24) is 19.6 Å². The number of fused-ring (bicyclic) bond motifs is 3. The van der Waals surface area contributed by atoms with Crippen molar-refractivity contribution in [2.75, 3.05) is 10.8 Å². The van der Waals surface area contributed by atoms with Gasteiger partial charge in [-0.05, 0) is 42.8 Å². The summed E-state index contributed by atoms with van der Waals surface area (Å²) in [4.78, 5) is 4.90. The highest BCUT2D eigenvalue weighted by molar-refractivity contribution is 7.92. The van der Waals surface area contributed by atoms with Gasteiger partial charge in [0.05, 0.1) is 22.2 Å². The molecular formula is C22H19N5O3S. The van der Waals surface area contributed by atoms with Crippen molar-refractivity contribution in [3.8, 4) is 11.6 Å². The largest absolute Gasteiger partial charge is 0.461 e. The SMILES string of the molecule is CCCN(c1nc2ccccc2n2c(-c3ccco3)nnc12)S(=O)(=O)c1ccccc1. The summed E-state index contributed by atoms with van der Waals surface area (Å²) in [7, 11) is -3.85. The van der Waals surface area contributed by atoms with Crippen molar-refractivity contribution in [2.45, 2.75) is 18.2 Å².